The van der Waals surface area contributed by atoms with Gasteiger partial charge >= 0.3 is 5.69 Å². The molecule has 1 saturated heterocycles. The largest absolute Gasteiger partial charge is 0.342 e. The molecular formula is C17H27N5O2. The van der Waals surface area contributed by atoms with Crippen molar-refractivity contribution in [2.75, 3.05) is 18.0 Å². The lowest BCUT2D eigenvalue weighted by Crippen LogP contribution is -2.37. The van der Waals surface area contributed by atoms with E-state index in [1.54, 1.807) is 7.05 Å². The third-order valence-corrected chi connectivity index (χ3v) is 5.15. The van der Waals surface area contributed by atoms with E-state index in [4.69, 9.17) is 0 Å². The fourth-order valence-electron chi connectivity index (χ4n) is 4.04. The van der Waals surface area contributed by atoms with Crippen LogP contribution in [0.15, 0.2) is 9.59 Å². The van der Waals surface area contributed by atoms with Crippen LogP contribution in [0.1, 0.15) is 33.6 Å². The maximum absolute atomic E-state index is 12.5. The highest BCUT2D eigenvalue weighted by Crippen LogP contribution is 2.33. The predicted octanol–water partition coefficient (Wildman–Crippen LogP) is 1.23. The molecule has 0 saturated carbocycles. The number of imidazole rings is 1. The minimum absolute atomic E-state index is 0.185. The van der Waals surface area contributed by atoms with E-state index in [0.717, 1.165) is 30.0 Å². The molecule has 7 heteroatoms. The Morgan fingerprint density at radius 1 is 1.08 bits per heavy atom. The van der Waals surface area contributed by atoms with Gasteiger partial charge in [0, 0.05) is 34.2 Å². The van der Waals surface area contributed by atoms with Gasteiger partial charge in [0.25, 0.3) is 5.56 Å². The van der Waals surface area contributed by atoms with Gasteiger partial charge in [-0.1, -0.05) is 20.8 Å². The molecule has 1 aliphatic rings. The van der Waals surface area contributed by atoms with Gasteiger partial charge in [0.1, 0.15) is 0 Å². The molecule has 0 N–H and O–H groups in total. The standard InChI is InChI=1S/C17H27N5O2/c1-11-7-8-22(10-17(2,3)9-11)15-18-13-12(19(15)4)14(23)21(6)16(24)20(13)5/h11H,7-10H2,1-6H3/t11-/m0/s1. The van der Waals surface area contributed by atoms with Crippen molar-refractivity contribution in [1.29, 1.82) is 0 Å². The molecule has 1 atom stereocenters. The summed E-state index contributed by atoms with van der Waals surface area (Å²) in [5.41, 5.74) is 0.476. The van der Waals surface area contributed by atoms with Gasteiger partial charge in [-0.3, -0.25) is 13.9 Å². The Hall–Kier alpha value is -2.05. The zero-order chi connectivity index (χ0) is 17.8. The van der Waals surface area contributed by atoms with Crippen LogP contribution in [0.2, 0.25) is 0 Å². The molecule has 24 heavy (non-hydrogen) atoms. The Balaban J connectivity index is 2.19. The number of hydrogen-bond donors (Lipinski definition) is 0. The average Bonchev–Trinajstić information content (AvgIpc) is 2.76. The lowest BCUT2D eigenvalue weighted by atomic mass is 9.83. The monoisotopic (exact) mass is 333 g/mol. The molecule has 7 nitrogen and oxygen atoms in total. The second kappa shape index (κ2) is 5.50. The molecule has 0 unspecified atom stereocenters. The smallest absolute Gasteiger partial charge is 0.332 e. The second-order valence-corrected chi connectivity index (χ2v) is 8.03. The molecule has 1 aliphatic heterocycles. The van der Waals surface area contributed by atoms with Crippen molar-refractivity contribution in [1.82, 2.24) is 18.7 Å². The summed E-state index contributed by atoms with van der Waals surface area (Å²) in [5, 5.41) is 0. The number of fused-ring (bicyclic) bond motifs is 1. The SMILES string of the molecule is C[C@H]1CCN(c2nc3c(c(=O)n(C)c(=O)n3C)n2C)CC(C)(C)C1. The Morgan fingerprint density at radius 3 is 2.42 bits per heavy atom. The van der Waals surface area contributed by atoms with Gasteiger partial charge in [-0.2, -0.15) is 4.98 Å². The molecule has 0 bridgehead atoms. The molecule has 0 amide bonds. The van der Waals surface area contributed by atoms with E-state index in [1.165, 1.54) is 18.0 Å². The number of aryl methyl sites for hydroxylation is 2. The van der Waals surface area contributed by atoms with Crippen molar-refractivity contribution in [3.05, 3.63) is 20.8 Å². The molecule has 0 spiro atoms. The molecular weight excluding hydrogens is 306 g/mol. The van der Waals surface area contributed by atoms with Crippen LogP contribution in [0.3, 0.4) is 0 Å². The van der Waals surface area contributed by atoms with Crippen LogP contribution in [0.4, 0.5) is 5.95 Å². The lowest BCUT2D eigenvalue weighted by Gasteiger charge is -2.30. The molecule has 0 aliphatic carbocycles. The van der Waals surface area contributed by atoms with E-state index in [2.05, 4.69) is 30.7 Å². The molecule has 0 aromatic carbocycles. The van der Waals surface area contributed by atoms with Crippen molar-refractivity contribution in [3.8, 4) is 0 Å². The summed E-state index contributed by atoms with van der Waals surface area (Å²) in [7, 11) is 5.03. The van der Waals surface area contributed by atoms with Crippen molar-refractivity contribution < 1.29 is 0 Å². The van der Waals surface area contributed by atoms with Gasteiger partial charge in [-0.05, 0) is 24.2 Å². The third-order valence-electron chi connectivity index (χ3n) is 5.15. The van der Waals surface area contributed by atoms with Gasteiger partial charge in [0.05, 0.1) is 0 Å². The summed E-state index contributed by atoms with van der Waals surface area (Å²) in [5.74, 6) is 1.43. The topological polar surface area (TPSA) is 65.1 Å². The van der Waals surface area contributed by atoms with Gasteiger partial charge < -0.3 is 9.47 Å². The van der Waals surface area contributed by atoms with Crippen LogP contribution in [0.5, 0.6) is 0 Å². The maximum atomic E-state index is 12.5. The summed E-state index contributed by atoms with van der Waals surface area (Å²) >= 11 is 0. The first kappa shape index (κ1) is 16.8. The Bertz CT molecular complexity index is 902. The van der Waals surface area contributed by atoms with E-state index in [-0.39, 0.29) is 16.7 Å². The number of aromatic nitrogens is 4. The van der Waals surface area contributed by atoms with Crippen LogP contribution in [0.25, 0.3) is 11.2 Å². The average molecular weight is 333 g/mol. The number of nitrogens with zero attached hydrogens (tertiary/aromatic N) is 5. The summed E-state index contributed by atoms with van der Waals surface area (Å²) in [6.07, 6.45) is 2.28. The summed E-state index contributed by atoms with van der Waals surface area (Å²) in [6, 6.07) is 0. The molecule has 2 aromatic rings. The number of rotatable bonds is 1. The van der Waals surface area contributed by atoms with Gasteiger partial charge in [0.15, 0.2) is 11.2 Å². The highest BCUT2D eigenvalue weighted by molar-refractivity contribution is 5.74. The van der Waals surface area contributed by atoms with E-state index in [9.17, 15) is 9.59 Å². The molecule has 132 valence electrons. The van der Waals surface area contributed by atoms with Gasteiger partial charge in [-0.25, -0.2) is 4.79 Å². The highest BCUT2D eigenvalue weighted by atomic mass is 16.2. The number of hydrogen-bond acceptors (Lipinski definition) is 4. The highest BCUT2D eigenvalue weighted by Gasteiger charge is 2.31. The predicted molar refractivity (Wildman–Crippen MR) is 95.6 cm³/mol. The second-order valence-electron chi connectivity index (χ2n) is 8.03. The Labute approximate surface area is 141 Å². The fraction of sp³-hybridized carbons (Fsp3) is 0.706. The summed E-state index contributed by atoms with van der Waals surface area (Å²) in [4.78, 5) is 31.6. The molecule has 3 heterocycles. The van der Waals surface area contributed by atoms with Crippen LogP contribution < -0.4 is 16.1 Å². The Morgan fingerprint density at radius 2 is 1.75 bits per heavy atom. The quantitative estimate of drug-likeness (QED) is 0.787. The van der Waals surface area contributed by atoms with E-state index < -0.39 is 0 Å². The number of anilines is 1. The summed E-state index contributed by atoms with van der Waals surface area (Å²) < 4.78 is 4.43. The minimum Gasteiger partial charge on any atom is -0.342 e. The lowest BCUT2D eigenvalue weighted by molar-refractivity contribution is 0.302. The van der Waals surface area contributed by atoms with E-state index in [0.29, 0.717) is 17.1 Å². The first-order valence-corrected chi connectivity index (χ1v) is 8.50. The zero-order valence-electron chi connectivity index (χ0n) is 15.5. The zero-order valence-corrected chi connectivity index (χ0v) is 15.5. The molecule has 2 aromatic heterocycles. The fourth-order valence-corrected chi connectivity index (χ4v) is 4.04. The van der Waals surface area contributed by atoms with Crippen molar-refractivity contribution in [2.24, 2.45) is 32.5 Å². The van der Waals surface area contributed by atoms with Crippen LogP contribution >= 0.6 is 0 Å². The molecule has 1 fully saturated rings. The van der Waals surface area contributed by atoms with Crippen LogP contribution in [-0.4, -0.2) is 31.8 Å². The molecule has 0 radical (unpaired) electrons. The van der Waals surface area contributed by atoms with Crippen molar-refractivity contribution in [2.45, 2.75) is 33.6 Å². The van der Waals surface area contributed by atoms with Gasteiger partial charge in [-0.15, -0.1) is 0 Å². The molecule has 3 rings (SSSR count). The third kappa shape index (κ3) is 2.56. The first-order valence-electron chi connectivity index (χ1n) is 8.50. The minimum atomic E-state index is -0.345. The Kier molecular flexibility index (Phi) is 3.85. The summed E-state index contributed by atoms with van der Waals surface area (Å²) in [6.45, 7) is 8.65. The van der Waals surface area contributed by atoms with E-state index in [1.807, 2.05) is 11.6 Å². The maximum Gasteiger partial charge on any atom is 0.332 e. The normalized spacial score (nSPS) is 21.2. The van der Waals surface area contributed by atoms with Crippen LogP contribution in [-0.2, 0) is 21.1 Å². The van der Waals surface area contributed by atoms with E-state index >= 15 is 0 Å². The van der Waals surface area contributed by atoms with Crippen molar-refractivity contribution >= 4 is 17.1 Å². The van der Waals surface area contributed by atoms with Gasteiger partial charge in [0.2, 0.25) is 5.95 Å². The first-order chi connectivity index (χ1) is 11.1. The van der Waals surface area contributed by atoms with Crippen LogP contribution in [0, 0.1) is 11.3 Å². The van der Waals surface area contributed by atoms with Crippen molar-refractivity contribution in [3.63, 3.8) is 0 Å².